The Kier molecular flexibility index (Phi) is 3.49. The molecule has 0 saturated heterocycles. The second kappa shape index (κ2) is 5.06. The van der Waals surface area contributed by atoms with Crippen LogP contribution in [0, 0.1) is 12.7 Å². The lowest BCUT2D eigenvalue weighted by Gasteiger charge is -2.12. The van der Waals surface area contributed by atoms with Gasteiger partial charge in [0.1, 0.15) is 5.82 Å². The largest absolute Gasteiger partial charge is 0.322 e. The smallest absolute Gasteiger partial charge is 0.126 e. The number of hydrogen-bond acceptors (Lipinski definition) is 2. The standard InChI is InChI=1S/C14H15FN2/c1-10-6-7-17-14(8-10)13(16)9-11-4-2-3-5-12(11)15/h2-8,13H,9,16H2,1H3. The van der Waals surface area contributed by atoms with E-state index in [4.69, 9.17) is 5.73 Å². The van der Waals surface area contributed by atoms with E-state index < -0.39 is 0 Å². The minimum Gasteiger partial charge on any atom is -0.322 e. The topological polar surface area (TPSA) is 38.9 Å². The molecule has 2 N–H and O–H groups in total. The van der Waals surface area contributed by atoms with Crippen LogP contribution in [0.4, 0.5) is 4.39 Å². The van der Waals surface area contributed by atoms with E-state index in [1.54, 1.807) is 18.3 Å². The van der Waals surface area contributed by atoms with Gasteiger partial charge in [-0.25, -0.2) is 4.39 Å². The second-order valence-corrected chi connectivity index (χ2v) is 4.16. The van der Waals surface area contributed by atoms with Crippen LogP contribution in [-0.4, -0.2) is 4.98 Å². The van der Waals surface area contributed by atoms with Gasteiger partial charge < -0.3 is 5.73 Å². The average molecular weight is 230 g/mol. The van der Waals surface area contributed by atoms with Gasteiger partial charge in [0.05, 0.1) is 11.7 Å². The van der Waals surface area contributed by atoms with Crippen molar-refractivity contribution in [3.8, 4) is 0 Å². The summed E-state index contributed by atoms with van der Waals surface area (Å²) in [6.07, 6.45) is 2.19. The van der Waals surface area contributed by atoms with Gasteiger partial charge in [0.15, 0.2) is 0 Å². The zero-order valence-corrected chi connectivity index (χ0v) is 9.73. The van der Waals surface area contributed by atoms with Crippen molar-refractivity contribution < 1.29 is 4.39 Å². The molecular weight excluding hydrogens is 215 g/mol. The van der Waals surface area contributed by atoms with Crippen LogP contribution < -0.4 is 5.73 Å². The Labute approximate surface area is 100 Å². The molecule has 2 aromatic rings. The van der Waals surface area contributed by atoms with Gasteiger partial charge in [-0.05, 0) is 42.7 Å². The molecule has 88 valence electrons. The molecule has 1 aromatic carbocycles. The molecule has 2 rings (SSSR count). The van der Waals surface area contributed by atoms with E-state index >= 15 is 0 Å². The first-order valence-electron chi connectivity index (χ1n) is 5.58. The van der Waals surface area contributed by atoms with Crippen molar-refractivity contribution in [3.63, 3.8) is 0 Å². The first-order chi connectivity index (χ1) is 8.16. The first kappa shape index (κ1) is 11.7. The maximum Gasteiger partial charge on any atom is 0.126 e. The summed E-state index contributed by atoms with van der Waals surface area (Å²) in [7, 11) is 0. The van der Waals surface area contributed by atoms with Crippen molar-refractivity contribution in [3.05, 3.63) is 65.2 Å². The van der Waals surface area contributed by atoms with E-state index in [0.29, 0.717) is 12.0 Å². The SMILES string of the molecule is Cc1ccnc(C(N)Cc2ccccc2F)c1. The minimum atomic E-state index is -0.271. The molecule has 1 heterocycles. The molecule has 0 spiro atoms. The summed E-state index contributed by atoms with van der Waals surface area (Å²) in [6, 6.07) is 10.3. The molecule has 1 atom stereocenters. The highest BCUT2D eigenvalue weighted by atomic mass is 19.1. The molecule has 1 aromatic heterocycles. The Bertz CT molecular complexity index is 511. The quantitative estimate of drug-likeness (QED) is 0.880. The highest BCUT2D eigenvalue weighted by molar-refractivity contribution is 5.22. The predicted octanol–water partition coefficient (Wildman–Crippen LogP) is 2.77. The third-order valence-corrected chi connectivity index (χ3v) is 2.71. The maximum absolute atomic E-state index is 13.5. The number of benzene rings is 1. The molecule has 0 fully saturated rings. The van der Waals surface area contributed by atoms with E-state index in [9.17, 15) is 4.39 Å². The van der Waals surface area contributed by atoms with Crippen molar-refractivity contribution in [1.29, 1.82) is 0 Å². The van der Waals surface area contributed by atoms with Crippen LogP contribution in [0.15, 0.2) is 42.6 Å². The summed E-state index contributed by atoms with van der Waals surface area (Å²) in [5.74, 6) is -0.212. The predicted molar refractivity (Wildman–Crippen MR) is 66.0 cm³/mol. The van der Waals surface area contributed by atoms with Gasteiger partial charge in [-0.1, -0.05) is 18.2 Å². The molecule has 2 nitrogen and oxygen atoms in total. The highest BCUT2D eigenvalue weighted by Crippen LogP contribution is 2.17. The molecular formula is C14H15FN2. The lowest BCUT2D eigenvalue weighted by atomic mass is 10.0. The van der Waals surface area contributed by atoms with Crippen molar-refractivity contribution in [2.75, 3.05) is 0 Å². The van der Waals surface area contributed by atoms with Crippen molar-refractivity contribution in [2.45, 2.75) is 19.4 Å². The van der Waals surface area contributed by atoms with Crippen molar-refractivity contribution >= 4 is 0 Å². The van der Waals surface area contributed by atoms with Gasteiger partial charge >= 0.3 is 0 Å². The Morgan fingerprint density at radius 1 is 1.29 bits per heavy atom. The van der Waals surface area contributed by atoms with E-state index in [0.717, 1.165) is 11.3 Å². The zero-order valence-electron chi connectivity index (χ0n) is 9.73. The van der Waals surface area contributed by atoms with Crippen LogP contribution in [0.5, 0.6) is 0 Å². The summed E-state index contributed by atoms with van der Waals surface area (Å²) in [6.45, 7) is 1.99. The van der Waals surface area contributed by atoms with Gasteiger partial charge in [-0.2, -0.15) is 0 Å². The fraction of sp³-hybridized carbons (Fsp3) is 0.214. The van der Waals surface area contributed by atoms with E-state index in [2.05, 4.69) is 4.98 Å². The Hall–Kier alpha value is -1.74. The second-order valence-electron chi connectivity index (χ2n) is 4.16. The third-order valence-electron chi connectivity index (χ3n) is 2.71. The van der Waals surface area contributed by atoms with Gasteiger partial charge in [-0.3, -0.25) is 4.98 Å². The number of nitrogens with two attached hydrogens (primary N) is 1. The lowest BCUT2D eigenvalue weighted by molar-refractivity contribution is 0.590. The van der Waals surface area contributed by atoms with Gasteiger partial charge in [0, 0.05) is 6.20 Å². The molecule has 0 radical (unpaired) electrons. The Morgan fingerprint density at radius 2 is 2.06 bits per heavy atom. The van der Waals surface area contributed by atoms with Crippen LogP contribution in [0.25, 0.3) is 0 Å². The minimum absolute atomic E-state index is 0.212. The number of aromatic nitrogens is 1. The molecule has 3 heteroatoms. The number of aryl methyl sites for hydroxylation is 1. The number of halogens is 1. The maximum atomic E-state index is 13.5. The average Bonchev–Trinajstić information content (AvgIpc) is 2.32. The van der Waals surface area contributed by atoms with Gasteiger partial charge in [-0.15, -0.1) is 0 Å². The Morgan fingerprint density at radius 3 is 2.76 bits per heavy atom. The molecule has 0 aliphatic rings. The van der Waals surface area contributed by atoms with Crippen molar-refractivity contribution in [1.82, 2.24) is 4.98 Å². The van der Waals surface area contributed by atoms with Crippen LogP contribution in [0.2, 0.25) is 0 Å². The summed E-state index contributed by atoms with van der Waals surface area (Å²) in [5, 5.41) is 0. The first-order valence-corrected chi connectivity index (χ1v) is 5.58. The van der Waals surface area contributed by atoms with Crippen LogP contribution in [0.1, 0.15) is 22.9 Å². The molecule has 0 aliphatic heterocycles. The van der Waals surface area contributed by atoms with E-state index in [1.807, 2.05) is 25.1 Å². The molecule has 0 bridgehead atoms. The molecule has 0 saturated carbocycles. The normalized spacial score (nSPS) is 12.4. The molecule has 17 heavy (non-hydrogen) atoms. The third kappa shape index (κ3) is 2.88. The number of nitrogens with zero attached hydrogens (tertiary/aromatic N) is 1. The summed E-state index contributed by atoms with van der Waals surface area (Å²) in [4.78, 5) is 4.22. The summed E-state index contributed by atoms with van der Waals surface area (Å²) < 4.78 is 13.5. The van der Waals surface area contributed by atoms with Crippen molar-refractivity contribution in [2.24, 2.45) is 5.73 Å². The summed E-state index contributed by atoms with van der Waals surface area (Å²) in [5.41, 5.74) is 8.57. The highest BCUT2D eigenvalue weighted by Gasteiger charge is 2.11. The molecule has 0 aliphatic carbocycles. The fourth-order valence-electron chi connectivity index (χ4n) is 1.77. The lowest BCUT2D eigenvalue weighted by Crippen LogP contribution is -2.15. The number of rotatable bonds is 3. The number of pyridine rings is 1. The summed E-state index contributed by atoms with van der Waals surface area (Å²) >= 11 is 0. The fourth-order valence-corrected chi connectivity index (χ4v) is 1.77. The Balaban J connectivity index is 2.17. The van der Waals surface area contributed by atoms with Crippen LogP contribution in [0.3, 0.4) is 0 Å². The molecule has 1 unspecified atom stereocenters. The van der Waals surface area contributed by atoms with E-state index in [1.165, 1.54) is 6.07 Å². The van der Waals surface area contributed by atoms with Crippen LogP contribution in [-0.2, 0) is 6.42 Å². The zero-order chi connectivity index (χ0) is 12.3. The van der Waals surface area contributed by atoms with Crippen LogP contribution >= 0.6 is 0 Å². The molecule has 0 amide bonds. The van der Waals surface area contributed by atoms with Gasteiger partial charge in [0.25, 0.3) is 0 Å². The number of hydrogen-bond donors (Lipinski definition) is 1. The van der Waals surface area contributed by atoms with E-state index in [-0.39, 0.29) is 11.9 Å². The van der Waals surface area contributed by atoms with Gasteiger partial charge in [0.2, 0.25) is 0 Å². The monoisotopic (exact) mass is 230 g/mol.